The summed E-state index contributed by atoms with van der Waals surface area (Å²) in [6.07, 6.45) is 0. The molecule has 0 spiro atoms. The molecule has 0 bridgehead atoms. The smallest absolute Gasteiger partial charge is 0.256 e. The van der Waals surface area contributed by atoms with E-state index in [1.807, 2.05) is 36.4 Å². The molecule has 0 fully saturated rings. The van der Waals surface area contributed by atoms with E-state index in [4.69, 9.17) is 0 Å². The van der Waals surface area contributed by atoms with Gasteiger partial charge >= 0.3 is 0 Å². The predicted molar refractivity (Wildman–Crippen MR) is 101 cm³/mol. The summed E-state index contributed by atoms with van der Waals surface area (Å²) in [6.45, 7) is 1.57. The molecule has 128 valence electrons. The average Bonchev–Trinajstić information content (AvgIpc) is 2.62. The van der Waals surface area contributed by atoms with Crippen LogP contribution in [-0.2, 0) is 10.0 Å². The van der Waals surface area contributed by atoms with Crippen molar-refractivity contribution in [3.63, 3.8) is 0 Å². The Morgan fingerprint density at radius 1 is 0.880 bits per heavy atom. The van der Waals surface area contributed by atoms with E-state index in [0.29, 0.717) is 16.9 Å². The van der Waals surface area contributed by atoms with Crippen molar-refractivity contribution in [3.05, 3.63) is 72.3 Å². The van der Waals surface area contributed by atoms with Gasteiger partial charge in [0.25, 0.3) is 5.91 Å². The number of anilines is 2. The topological polar surface area (TPSA) is 75.3 Å². The molecule has 0 atom stereocenters. The molecular formula is C19H18N2O3S. The standard InChI is InChI=1S/C19H18N2O3S/c1-2-25(23,24)21-16-12-10-15(11-13-16)20-19(22)18-9-5-7-14-6-3-4-8-17(14)18/h3-13,21H,2H2,1H3,(H,20,22). The van der Waals surface area contributed by atoms with Gasteiger partial charge < -0.3 is 5.32 Å². The van der Waals surface area contributed by atoms with Crippen LogP contribution >= 0.6 is 0 Å². The fraction of sp³-hybridized carbons (Fsp3) is 0.105. The second kappa shape index (κ2) is 6.94. The number of fused-ring (bicyclic) bond motifs is 1. The molecule has 0 saturated carbocycles. The molecule has 6 heteroatoms. The lowest BCUT2D eigenvalue weighted by atomic mass is 10.0. The molecule has 3 rings (SSSR count). The first-order valence-electron chi connectivity index (χ1n) is 7.88. The van der Waals surface area contributed by atoms with Gasteiger partial charge in [0, 0.05) is 16.9 Å². The normalized spacial score (nSPS) is 11.2. The molecule has 5 nitrogen and oxygen atoms in total. The van der Waals surface area contributed by atoms with Crippen molar-refractivity contribution in [2.45, 2.75) is 6.92 Å². The third-order valence-corrected chi connectivity index (χ3v) is 5.14. The number of amides is 1. The van der Waals surface area contributed by atoms with Crippen LogP contribution in [0, 0.1) is 0 Å². The summed E-state index contributed by atoms with van der Waals surface area (Å²) in [7, 11) is -3.31. The predicted octanol–water partition coefficient (Wildman–Crippen LogP) is 3.85. The molecular weight excluding hydrogens is 336 g/mol. The average molecular weight is 354 g/mol. The van der Waals surface area contributed by atoms with Gasteiger partial charge in [0.05, 0.1) is 5.75 Å². The van der Waals surface area contributed by atoms with E-state index in [1.165, 1.54) is 0 Å². The summed E-state index contributed by atoms with van der Waals surface area (Å²) in [5, 5.41) is 4.72. The summed E-state index contributed by atoms with van der Waals surface area (Å²) < 4.78 is 25.6. The van der Waals surface area contributed by atoms with E-state index in [-0.39, 0.29) is 11.7 Å². The summed E-state index contributed by atoms with van der Waals surface area (Å²) in [5.41, 5.74) is 1.65. The Balaban J connectivity index is 1.79. The van der Waals surface area contributed by atoms with E-state index in [0.717, 1.165) is 10.8 Å². The van der Waals surface area contributed by atoms with Crippen LogP contribution in [0.15, 0.2) is 66.7 Å². The molecule has 25 heavy (non-hydrogen) atoms. The highest BCUT2D eigenvalue weighted by Gasteiger charge is 2.10. The maximum atomic E-state index is 12.6. The molecule has 2 N–H and O–H groups in total. The number of benzene rings is 3. The van der Waals surface area contributed by atoms with Gasteiger partial charge in [-0.25, -0.2) is 8.42 Å². The maximum Gasteiger partial charge on any atom is 0.256 e. The summed E-state index contributed by atoms with van der Waals surface area (Å²) >= 11 is 0. The molecule has 3 aromatic rings. The Bertz CT molecular complexity index is 1010. The van der Waals surface area contributed by atoms with Crippen LogP contribution in [0.3, 0.4) is 0 Å². The number of sulfonamides is 1. The lowest BCUT2D eigenvalue weighted by Gasteiger charge is -2.10. The summed E-state index contributed by atoms with van der Waals surface area (Å²) in [5.74, 6) is -0.203. The van der Waals surface area contributed by atoms with Gasteiger partial charge in [0.2, 0.25) is 10.0 Å². The summed E-state index contributed by atoms with van der Waals surface area (Å²) in [6, 6.07) is 19.8. The fourth-order valence-corrected chi connectivity index (χ4v) is 3.13. The van der Waals surface area contributed by atoms with Gasteiger partial charge in [-0.3, -0.25) is 9.52 Å². The number of nitrogens with one attached hydrogen (secondary N) is 2. The Morgan fingerprint density at radius 2 is 1.52 bits per heavy atom. The highest BCUT2D eigenvalue weighted by atomic mass is 32.2. The lowest BCUT2D eigenvalue weighted by molar-refractivity contribution is 0.102. The number of hydrogen-bond acceptors (Lipinski definition) is 3. The second-order valence-electron chi connectivity index (χ2n) is 5.56. The SMILES string of the molecule is CCS(=O)(=O)Nc1ccc(NC(=O)c2cccc3ccccc23)cc1. The molecule has 0 aliphatic rings. The van der Waals surface area contributed by atoms with Gasteiger partial charge in [-0.2, -0.15) is 0 Å². The minimum Gasteiger partial charge on any atom is -0.322 e. The van der Waals surface area contributed by atoms with Gasteiger partial charge in [-0.15, -0.1) is 0 Å². The number of carbonyl (C=O) groups is 1. The van der Waals surface area contributed by atoms with E-state index >= 15 is 0 Å². The first-order chi connectivity index (χ1) is 12.0. The van der Waals surface area contributed by atoms with E-state index in [2.05, 4.69) is 10.0 Å². The van der Waals surface area contributed by atoms with Crippen LogP contribution in [0.5, 0.6) is 0 Å². The molecule has 0 saturated heterocycles. The van der Waals surface area contributed by atoms with E-state index < -0.39 is 10.0 Å². The van der Waals surface area contributed by atoms with E-state index in [9.17, 15) is 13.2 Å². The fourth-order valence-electron chi connectivity index (χ4n) is 2.50. The Kier molecular flexibility index (Phi) is 4.72. The van der Waals surface area contributed by atoms with Crippen molar-refractivity contribution in [1.29, 1.82) is 0 Å². The quantitative estimate of drug-likeness (QED) is 0.731. The van der Waals surface area contributed by atoms with Crippen LogP contribution in [0.1, 0.15) is 17.3 Å². The minimum absolute atomic E-state index is 0.00652. The van der Waals surface area contributed by atoms with Crippen LogP contribution < -0.4 is 10.0 Å². The zero-order valence-corrected chi connectivity index (χ0v) is 14.5. The van der Waals surface area contributed by atoms with Crippen LogP contribution in [0.25, 0.3) is 10.8 Å². The number of hydrogen-bond donors (Lipinski definition) is 2. The number of rotatable bonds is 5. The summed E-state index contributed by atoms with van der Waals surface area (Å²) in [4.78, 5) is 12.6. The molecule has 0 unspecified atom stereocenters. The molecule has 0 aliphatic carbocycles. The van der Waals surface area contributed by atoms with Crippen molar-refractivity contribution in [2.24, 2.45) is 0 Å². The first kappa shape index (κ1) is 17.0. The zero-order chi connectivity index (χ0) is 17.9. The third kappa shape index (κ3) is 3.97. The second-order valence-corrected chi connectivity index (χ2v) is 7.57. The van der Waals surface area contributed by atoms with E-state index in [1.54, 1.807) is 37.3 Å². The van der Waals surface area contributed by atoms with Gasteiger partial charge in [-0.1, -0.05) is 36.4 Å². The Labute approximate surface area is 146 Å². The van der Waals surface area contributed by atoms with Gasteiger partial charge in [-0.05, 0) is 48.0 Å². The van der Waals surface area contributed by atoms with Crippen LogP contribution in [0.4, 0.5) is 11.4 Å². The molecule has 0 radical (unpaired) electrons. The molecule has 0 heterocycles. The highest BCUT2D eigenvalue weighted by Crippen LogP contribution is 2.21. The lowest BCUT2D eigenvalue weighted by Crippen LogP contribution is -2.15. The van der Waals surface area contributed by atoms with Crippen molar-refractivity contribution in [2.75, 3.05) is 15.8 Å². The molecule has 0 aromatic heterocycles. The van der Waals surface area contributed by atoms with Gasteiger partial charge in [0.1, 0.15) is 0 Å². The van der Waals surface area contributed by atoms with Gasteiger partial charge in [0.15, 0.2) is 0 Å². The van der Waals surface area contributed by atoms with Crippen molar-refractivity contribution in [3.8, 4) is 0 Å². The van der Waals surface area contributed by atoms with Crippen LogP contribution in [0.2, 0.25) is 0 Å². The third-order valence-electron chi connectivity index (χ3n) is 3.83. The van der Waals surface area contributed by atoms with Crippen molar-refractivity contribution < 1.29 is 13.2 Å². The number of carbonyl (C=O) groups excluding carboxylic acids is 1. The monoisotopic (exact) mass is 354 g/mol. The largest absolute Gasteiger partial charge is 0.322 e. The molecule has 0 aliphatic heterocycles. The van der Waals surface area contributed by atoms with Crippen molar-refractivity contribution in [1.82, 2.24) is 0 Å². The molecule has 1 amide bonds. The highest BCUT2D eigenvalue weighted by molar-refractivity contribution is 7.92. The zero-order valence-electron chi connectivity index (χ0n) is 13.7. The Morgan fingerprint density at radius 3 is 2.24 bits per heavy atom. The maximum absolute atomic E-state index is 12.6. The first-order valence-corrected chi connectivity index (χ1v) is 9.53. The minimum atomic E-state index is -3.31. The van der Waals surface area contributed by atoms with Crippen LogP contribution in [-0.4, -0.2) is 20.1 Å². The van der Waals surface area contributed by atoms with Crippen molar-refractivity contribution >= 4 is 38.1 Å². The Hall–Kier alpha value is -2.86. The molecule has 3 aromatic carbocycles.